The zero-order valence-electron chi connectivity index (χ0n) is 17.7. The predicted molar refractivity (Wildman–Crippen MR) is 130 cm³/mol. The quantitative estimate of drug-likeness (QED) is 0.469. The van der Waals surface area contributed by atoms with Gasteiger partial charge in [0.2, 0.25) is 0 Å². The van der Waals surface area contributed by atoms with Gasteiger partial charge in [0, 0.05) is 32.0 Å². The number of aromatic nitrogens is 2. The van der Waals surface area contributed by atoms with Gasteiger partial charge in [-0.1, -0.05) is 36.4 Å². The monoisotopic (exact) mass is 412 g/mol. The summed E-state index contributed by atoms with van der Waals surface area (Å²) < 4.78 is 2.06. The Bertz CT molecular complexity index is 1270. The Morgan fingerprint density at radius 1 is 0.903 bits per heavy atom. The number of benzene rings is 2. The molecule has 2 aromatic heterocycles. The molecule has 158 valence electrons. The minimum Gasteiger partial charge on any atom is -0.357 e. The Morgan fingerprint density at radius 3 is 2.29 bits per heavy atom. The molecule has 0 atom stereocenters. The summed E-state index contributed by atoms with van der Waals surface area (Å²) in [6.45, 7) is 4.03. The van der Waals surface area contributed by atoms with Gasteiger partial charge < -0.3 is 10.2 Å². The number of pyridine rings is 2. The molecule has 4 aromatic rings. The number of fused-ring (bicyclic) bond motifs is 1. The van der Waals surface area contributed by atoms with E-state index in [9.17, 15) is 4.79 Å². The minimum atomic E-state index is -0.0178. The first-order valence-corrected chi connectivity index (χ1v) is 10.9. The van der Waals surface area contributed by atoms with Crippen LogP contribution in [0.3, 0.4) is 0 Å². The number of hydrogen-bond acceptors (Lipinski definition) is 4. The second-order valence-corrected chi connectivity index (χ2v) is 8.10. The molecule has 1 fully saturated rings. The van der Waals surface area contributed by atoms with E-state index in [2.05, 4.69) is 20.9 Å². The van der Waals surface area contributed by atoms with Crippen LogP contribution >= 0.6 is 0 Å². The number of anilines is 3. The summed E-state index contributed by atoms with van der Waals surface area (Å²) in [7, 11) is 0. The summed E-state index contributed by atoms with van der Waals surface area (Å²) in [5.41, 5.74) is 3.53. The molecule has 0 saturated carbocycles. The highest BCUT2D eigenvalue weighted by atomic mass is 16.1. The first-order valence-electron chi connectivity index (χ1n) is 10.9. The molecule has 2 aromatic carbocycles. The average Bonchev–Trinajstić information content (AvgIpc) is 2.80. The Hall–Kier alpha value is -3.60. The van der Waals surface area contributed by atoms with E-state index in [4.69, 9.17) is 4.98 Å². The van der Waals surface area contributed by atoms with Crippen molar-refractivity contribution in [3.8, 4) is 5.69 Å². The van der Waals surface area contributed by atoms with Gasteiger partial charge in [-0.3, -0.25) is 9.36 Å². The van der Waals surface area contributed by atoms with Crippen molar-refractivity contribution < 1.29 is 1.43 Å². The van der Waals surface area contributed by atoms with E-state index in [1.807, 2.05) is 67.6 Å². The predicted octanol–water partition coefficient (Wildman–Crippen LogP) is 5.67. The summed E-state index contributed by atoms with van der Waals surface area (Å²) in [6, 6.07) is 23.8. The fraction of sp³-hybridized carbons (Fsp3) is 0.231. The normalized spacial score (nSPS) is 14.0. The van der Waals surface area contributed by atoms with Crippen LogP contribution in [0.5, 0.6) is 0 Å². The van der Waals surface area contributed by atoms with Crippen LogP contribution in [0, 0.1) is 6.92 Å². The van der Waals surface area contributed by atoms with Gasteiger partial charge in [-0.25, -0.2) is 4.98 Å². The van der Waals surface area contributed by atoms with Crippen molar-refractivity contribution in [2.75, 3.05) is 23.3 Å². The molecule has 1 N–H and O–H groups in total. The highest BCUT2D eigenvalue weighted by Crippen LogP contribution is 2.28. The van der Waals surface area contributed by atoms with Crippen molar-refractivity contribution >= 4 is 28.4 Å². The lowest BCUT2D eigenvalue weighted by Crippen LogP contribution is -2.30. The molecule has 1 aliphatic heterocycles. The number of nitrogens with one attached hydrogen (secondary N) is 1. The summed E-state index contributed by atoms with van der Waals surface area (Å²) in [5, 5.41) is 4.10. The number of aryl methyl sites for hydroxylation is 1. The van der Waals surface area contributed by atoms with Crippen LogP contribution in [-0.2, 0) is 0 Å². The molecule has 5 heteroatoms. The van der Waals surface area contributed by atoms with Gasteiger partial charge in [0.1, 0.15) is 11.6 Å². The molecule has 0 unspecified atom stereocenters. The molecule has 3 heterocycles. The zero-order chi connectivity index (χ0) is 21.2. The molecule has 31 heavy (non-hydrogen) atoms. The summed E-state index contributed by atoms with van der Waals surface area (Å²) in [5.74, 6) is 1.66. The van der Waals surface area contributed by atoms with E-state index in [-0.39, 0.29) is 6.86 Å². The van der Waals surface area contributed by atoms with Crippen LogP contribution in [0.25, 0.3) is 16.7 Å². The van der Waals surface area contributed by atoms with E-state index in [1.54, 1.807) is 6.07 Å². The first kappa shape index (κ1) is 19.4. The number of piperidine rings is 1. The molecular weight excluding hydrogens is 384 g/mol. The van der Waals surface area contributed by atoms with Crippen LogP contribution in [0.1, 0.15) is 26.3 Å². The van der Waals surface area contributed by atoms with Gasteiger partial charge in [0.05, 0.1) is 5.39 Å². The van der Waals surface area contributed by atoms with Gasteiger partial charge in [0.25, 0.3) is 0 Å². The van der Waals surface area contributed by atoms with Crippen LogP contribution < -0.4 is 15.6 Å². The van der Waals surface area contributed by atoms with Gasteiger partial charge in [0.15, 0.2) is 11.1 Å². The van der Waals surface area contributed by atoms with E-state index in [0.717, 1.165) is 35.8 Å². The largest absolute Gasteiger partial charge is 0.357 e. The van der Waals surface area contributed by atoms with E-state index in [0.29, 0.717) is 16.9 Å². The molecule has 0 radical (unpaired) electrons. The lowest BCUT2D eigenvalue weighted by molar-refractivity contribution is 0.574. The standard InChI is InChI=1S/C26H26N4O.H2/c1-19-17-23(29-15-9-4-10-16-29)28-26-25(19)22(31)18-24(27-20-11-5-2-6-12-20)30(26)21-13-7-3-8-14-21;/h2-3,5-8,11-14,17-18,27H,4,9-10,15-16H2,1H3;1H. The van der Waals surface area contributed by atoms with Crippen molar-refractivity contribution in [1.29, 1.82) is 0 Å². The molecule has 0 amide bonds. The Morgan fingerprint density at radius 2 is 1.58 bits per heavy atom. The third-order valence-electron chi connectivity index (χ3n) is 5.89. The second kappa shape index (κ2) is 8.26. The van der Waals surface area contributed by atoms with Crippen molar-refractivity contribution in [3.63, 3.8) is 0 Å². The number of nitrogens with zero attached hydrogens (tertiary/aromatic N) is 3. The van der Waals surface area contributed by atoms with E-state index in [1.165, 1.54) is 19.3 Å². The van der Waals surface area contributed by atoms with Gasteiger partial charge in [-0.05, 0) is 62.1 Å². The smallest absolute Gasteiger partial charge is 0.193 e. The molecule has 5 nitrogen and oxygen atoms in total. The number of rotatable bonds is 4. The lowest BCUT2D eigenvalue weighted by Gasteiger charge is -2.28. The SMILES string of the molecule is Cc1cc(N2CCCCC2)nc2c1c(=O)cc(Nc1ccccc1)n2-c1ccccc1.[HH]. The average molecular weight is 413 g/mol. The van der Waals surface area contributed by atoms with E-state index < -0.39 is 0 Å². The van der Waals surface area contributed by atoms with Gasteiger partial charge >= 0.3 is 0 Å². The first-order chi connectivity index (χ1) is 15.2. The summed E-state index contributed by atoms with van der Waals surface area (Å²) in [4.78, 5) is 20.6. The fourth-order valence-electron chi connectivity index (χ4n) is 4.36. The molecular formula is C26H28N4O. The van der Waals surface area contributed by atoms with Crippen molar-refractivity contribution in [1.82, 2.24) is 9.55 Å². The van der Waals surface area contributed by atoms with E-state index >= 15 is 0 Å². The Balaban J connectivity index is 0.00000245. The zero-order valence-corrected chi connectivity index (χ0v) is 17.7. The Kier molecular flexibility index (Phi) is 5.16. The number of para-hydroxylation sites is 2. The van der Waals surface area contributed by atoms with Crippen molar-refractivity contribution in [2.24, 2.45) is 0 Å². The highest BCUT2D eigenvalue weighted by molar-refractivity contribution is 5.85. The summed E-state index contributed by atoms with van der Waals surface area (Å²) in [6.07, 6.45) is 3.63. The minimum absolute atomic E-state index is 0. The topological polar surface area (TPSA) is 50.2 Å². The molecule has 5 rings (SSSR count). The lowest BCUT2D eigenvalue weighted by atomic mass is 10.1. The third-order valence-corrected chi connectivity index (χ3v) is 5.89. The van der Waals surface area contributed by atoms with Crippen LogP contribution in [-0.4, -0.2) is 22.6 Å². The van der Waals surface area contributed by atoms with Crippen molar-refractivity contribution in [2.45, 2.75) is 26.2 Å². The van der Waals surface area contributed by atoms with Crippen molar-refractivity contribution in [3.05, 3.63) is 88.6 Å². The summed E-state index contributed by atoms with van der Waals surface area (Å²) >= 11 is 0. The maximum absolute atomic E-state index is 13.2. The fourth-order valence-corrected chi connectivity index (χ4v) is 4.36. The molecule has 0 bridgehead atoms. The van der Waals surface area contributed by atoms with Crippen LogP contribution in [0.15, 0.2) is 77.6 Å². The molecule has 0 spiro atoms. The molecule has 1 aliphatic rings. The number of hydrogen-bond donors (Lipinski definition) is 1. The Labute approximate surface area is 183 Å². The van der Waals surface area contributed by atoms with Crippen LogP contribution in [0.2, 0.25) is 0 Å². The highest BCUT2D eigenvalue weighted by Gasteiger charge is 2.19. The van der Waals surface area contributed by atoms with Gasteiger partial charge in [-0.15, -0.1) is 0 Å². The maximum atomic E-state index is 13.2. The van der Waals surface area contributed by atoms with Crippen LogP contribution in [0.4, 0.5) is 17.3 Å². The molecule has 0 aliphatic carbocycles. The maximum Gasteiger partial charge on any atom is 0.193 e. The molecule has 1 saturated heterocycles. The second-order valence-electron chi connectivity index (χ2n) is 8.10. The third kappa shape index (κ3) is 3.79. The van der Waals surface area contributed by atoms with Gasteiger partial charge in [-0.2, -0.15) is 0 Å².